The van der Waals surface area contributed by atoms with Crippen molar-refractivity contribution in [3.05, 3.63) is 17.5 Å². The predicted molar refractivity (Wildman–Crippen MR) is 74.7 cm³/mol. The molecule has 18 heavy (non-hydrogen) atoms. The quantitative estimate of drug-likeness (QED) is 0.759. The zero-order valence-corrected chi connectivity index (χ0v) is 12.4. The lowest BCUT2D eigenvalue weighted by Gasteiger charge is -2.20. The van der Waals surface area contributed by atoms with Crippen LogP contribution in [-0.2, 0) is 17.8 Å². The summed E-state index contributed by atoms with van der Waals surface area (Å²) in [5, 5.41) is 7.93. The van der Waals surface area contributed by atoms with Crippen molar-refractivity contribution in [3.8, 4) is 0 Å². The molecule has 0 aliphatic rings. The molecule has 4 heteroatoms. The Morgan fingerprint density at radius 1 is 1.39 bits per heavy atom. The Morgan fingerprint density at radius 2 is 2.11 bits per heavy atom. The standard InChI is InChI=1S/C14H27N3O/c1-6-18-9-7-8-17-12(2)13(11-16-17)10-15-14(3,4)5/h11,15H,6-10H2,1-5H3. The number of nitrogens with one attached hydrogen (secondary N) is 1. The molecule has 0 unspecified atom stereocenters. The van der Waals surface area contributed by atoms with E-state index in [0.29, 0.717) is 0 Å². The molecule has 0 aliphatic carbocycles. The zero-order valence-electron chi connectivity index (χ0n) is 12.4. The van der Waals surface area contributed by atoms with Gasteiger partial charge in [-0.2, -0.15) is 5.10 Å². The summed E-state index contributed by atoms with van der Waals surface area (Å²) in [7, 11) is 0. The van der Waals surface area contributed by atoms with Gasteiger partial charge in [0.25, 0.3) is 0 Å². The summed E-state index contributed by atoms with van der Waals surface area (Å²) >= 11 is 0. The highest BCUT2D eigenvalue weighted by atomic mass is 16.5. The molecular weight excluding hydrogens is 226 g/mol. The van der Waals surface area contributed by atoms with Crippen LogP contribution in [0.5, 0.6) is 0 Å². The van der Waals surface area contributed by atoms with Crippen LogP contribution in [0.2, 0.25) is 0 Å². The Labute approximate surface area is 111 Å². The summed E-state index contributed by atoms with van der Waals surface area (Å²) in [6.45, 7) is 14.1. The monoisotopic (exact) mass is 253 g/mol. The van der Waals surface area contributed by atoms with Crippen molar-refractivity contribution in [2.24, 2.45) is 0 Å². The van der Waals surface area contributed by atoms with Gasteiger partial charge in [0.2, 0.25) is 0 Å². The number of ether oxygens (including phenoxy) is 1. The minimum absolute atomic E-state index is 0.142. The van der Waals surface area contributed by atoms with Gasteiger partial charge in [0.15, 0.2) is 0 Å². The van der Waals surface area contributed by atoms with Crippen LogP contribution < -0.4 is 5.32 Å². The molecule has 1 aromatic heterocycles. The van der Waals surface area contributed by atoms with Gasteiger partial charge in [-0.15, -0.1) is 0 Å². The molecule has 0 bridgehead atoms. The molecule has 4 nitrogen and oxygen atoms in total. The Bertz CT molecular complexity index is 352. The SMILES string of the molecule is CCOCCCn1ncc(CNC(C)(C)C)c1C. The van der Waals surface area contributed by atoms with Crippen LogP contribution in [0.4, 0.5) is 0 Å². The molecule has 104 valence electrons. The Kier molecular flexibility index (Phi) is 5.82. The first-order valence-corrected chi connectivity index (χ1v) is 6.78. The van der Waals surface area contributed by atoms with Crippen LogP contribution in [0.3, 0.4) is 0 Å². The van der Waals surface area contributed by atoms with Gasteiger partial charge in [0.05, 0.1) is 6.20 Å². The average Bonchev–Trinajstić information content (AvgIpc) is 2.63. The van der Waals surface area contributed by atoms with E-state index in [9.17, 15) is 0 Å². The van der Waals surface area contributed by atoms with Gasteiger partial charge in [-0.05, 0) is 41.0 Å². The summed E-state index contributed by atoms with van der Waals surface area (Å²) in [5.41, 5.74) is 2.67. The first-order valence-electron chi connectivity index (χ1n) is 6.78. The Morgan fingerprint density at radius 3 is 2.72 bits per heavy atom. The molecule has 0 fully saturated rings. The lowest BCUT2D eigenvalue weighted by Crippen LogP contribution is -2.35. The molecule has 0 spiro atoms. The van der Waals surface area contributed by atoms with Crippen LogP contribution in [0, 0.1) is 6.92 Å². The second-order valence-corrected chi connectivity index (χ2v) is 5.63. The van der Waals surface area contributed by atoms with Crippen molar-refractivity contribution in [1.82, 2.24) is 15.1 Å². The van der Waals surface area contributed by atoms with Gasteiger partial charge in [0, 0.05) is 43.1 Å². The number of hydrogen-bond acceptors (Lipinski definition) is 3. The number of aryl methyl sites for hydroxylation is 1. The maximum Gasteiger partial charge on any atom is 0.0537 e. The van der Waals surface area contributed by atoms with E-state index in [-0.39, 0.29) is 5.54 Å². The highest BCUT2D eigenvalue weighted by molar-refractivity contribution is 5.16. The lowest BCUT2D eigenvalue weighted by molar-refractivity contribution is 0.140. The van der Waals surface area contributed by atoms with Gasteiger partial charge in [-0.1, -0.05) is 0 Å². The largest absolute Gasteiger partial charge is 0.382 e. The average molecular weight is 253 g/mol. The molecule has 0 saturated heterocycles. The van der Waals surface area contributed by atoms with Crippen LogP contribution in [0.25, 0.3) is 0 Å². The molecule has 1 heterocycles. The molecule has 0 atom stereocenters. The molecule has 0 aromatic carbocycles. The third-order valence-electron chi connectivity index (χ3n) is 2.88. The van der Waals surface area contributed by atoms with Gasteiger partial charge >= 0.3 is 0 Å². The smallest absolute Gasteiger partial charge is 0.0537 e. The summed E-state index contributed by atoms with van der Waals surface area (Å²) in [6, 6.07) is 0. The summed E-state index contributed by atoms with van der Waals surface area (Å²) in [5.74, 6) is 0. The van der Waals surface area contributed by atoms with Crippen molar-refractivity contribution in [2.75, 3.05) is 13.2 Å². The van der Waals surface area contributed by atoms with Crippen LogP contribution in [0.15, 0.2) is 6.20 Å². The minimum Gasteiger partial charge on any atom is -0.382 e. The van der Waals surface area contributed by atoms with Crippen molar-refractivity contribution in [3.63, 3.8) is 0 Å². The molecule has 0 amide bonds. The molecule has 1 aromatic rings. The molecule has 1 N–H and O–H groups in total. The van der Waals surface area contributed by atoms with Crippen molar-refractivity contribution < 1.29 is 4.74 Å². The van der Waals surface area contributed by atoms with Crippen LogP contribution in [0.1, 0.15) is 45.4 Å². The van der Waals surface area contributed by atoms with Gasteiger partial charge in [-0.3, -0.25) is 4.68 Å². The van der Waals surface area contributed by atoms with E-state index in [4.69, 9.17) is 4.74 Å². The minimum atomic E-state index is 0.142. The van der Waals surface area contributed by atoms with Crippen molar-refractivity contribution >= 4 is 0 Å². The maximum atomic E-state index is 5.34. The molecular formula is C14H27N3O. The highest BCUT2D eigenvalue weighted by Crippen LogP contribution is 2.10. The van der Waals surface area contributed by atoms with E-state index in [2.05, 4.69) is 42.8 Å². The fourth-order valence-corrected chi connectivity index (χ4v) is 1.71. The van der Waals surface area contributed by atoms with E-state index in [0.717, 1.165) is 32.7 Å². The summed E-state index contributed by atoms with van der Waals surface area (Å²) in [4.78, 5) is 0. The predicted octanol–water partition coefficient (Wildman–Crippen LogP) is 2.51. The maximum absolute atomic E-state index is 5.34. The Balaban J connectivity index is 2.45. The number of hydrogen-bond donors (Lipinski definition) is 1. The van der Waals surface area contributed by atoms with Crippen molar-refractivity contribution in [2.45, 2.75) is 59.7 Å². The first-order chi connectivity index (χ1) is 8.44. The van der Waals surface area contributed by atoms with E-state index in [1.807, 2.05) is 13.1 Å². The summed E-state index contributed by atoms with van der Waals surface area (Å²) in [6.07, 6.45) is 2.98. The zero-order chi connectivity index (χ0) is 13.6. The normalized spacial score (nSPS) is 12.1. The fraction of sp³-hybridized carbons (Fsp3) is 0.786. The topological polar surface area (TPSA) is 39.1 Å². The van der Waals surface area contributed by atoms with Gasteiger partial charge < -0.3 is 10.1 Å². The second-order valence-electron chi connectivity index (χ2n) is 5.63. The van der Waals surface area contributed by atoms with Gasteiger partial charge in [0.1, 0.15) is 0 Å². The van der Waals surface area contributed by atoms with E-state index in [1.54, 1.807) is 0 Å². The highest BCUT2D eigenvalue weighted by Gasteiger charge is 2.11. The van der Waals surface area contributed by atoms with E-state index >= 15 is 0 Å². The third-order valence-corrected chi connectivity index (χ3v) is 2.88. The molecule has 0 saturated carbocycles. The number of nitrogens with zero attached hydrogens (tertiary/aromatic N) is 2. The van der Waals surface area contributed by atoms with E-state index < -0.39 is 0 Å². The molecule has 1 rings (SSSR count). The fourth-order valence-electron chi connectivity index (χ4n) is 1.71. The first kappa shape index (κ1) is 15.2. The second kappa shape index (κ2) is 6.90. The Hall–Kier alpha value is -0.870. The van der Waals surface area contributed by atoms with Crippen LogP contribution >= 0.6 is 0 Å². The van der Waals surface area contributed by atoms with E-state index in [1.165, 1.54) is 11.3 Å². The molecule has 0 radical (unpaired) electrons. The third kappa shape index (κ3) is 5.19. The summed E-state index contributed by atoms with van der Waals surface area (Å²) < 4.78 is 7.41. The van der Waals surface area contributed by atoms with Crippen LogP contribution in [-0.4, -0.2) is 28.5 Å². The van der Waals surface area contributed by atoms with Crippen molar-refractivity contribution in [1.29, 1.82) is 0 Å². The number of rotatable bonds is 7. The number of aromatic nitrogens is 2. The lowest BCUT2D eigenvalue weighted by atomic mass is 10.1. The van der Waals surface area contributed by atoms with Gasteiger partial charge in [-0.25, -0.2) is 0 Å². The molecule has 0 aliphatic heterocycles.